The summed E-state index contributed by atoms with van der Waals surface area (Å²) >= 11 is 0. The zero-order valence-corrected chi connectivity index (χ0v) is 16.1. The van der Waals surface area contributed by atoms with Gasteiger partial charge in [-0.2, -0.15) is 5.10 Å². The van der Waals surface area contributed by atoms with Crippen molar-refractivity contribution in [3.05, 3.63) is 78.2 Å². The van der Waals surface area contributed by atoms with Gasteiger partial charge in [-0.15, -0.1) is 0 Å². The minimum Gasteiger partial charge on any atom is -0.356 e. The predicted octanol–water partition coefficient (Wildman–Crippen LogP) is 2.91. The Kier molecular flexibility index (Phi) is 5.86. The second kappa shape index (κ2) is 8.49. The third kappa shape index (κ3) is 4.94. The number of nitrogens with one attached hydrogen (secondary N) is 2. The topological polar surface area (TPSA) is 67.1 Å². The highest BCUT2D eigenvalue weighted by Gasteiger charge is 2.20. The summed E-state index contributed by atoms with van der Waals surface area (Å²) in [5.41, 5.74) is 2.41. The quantitative estimate of drug-likeness (QED) is 0.523. The van der Waals surface area contributed by atoms with Crippen molar-refractivity contribution < 1.29 is 0 Å². The Hall–Kier alpha value is -3.15. The van der Waals surface area contributed by atoms with Crippen LogP contribution in [-0.2, 0) is 12.0 Å². The van der Waals surface area contributed by atoms with E-state index in [0.29, 0.717) is 6.54 Å². The monoisotopic (exact) mass is 362 g/mol. The minimum atomic E-state index is 0.00279. The summed E-state index contributed by atoms with van der Waals surface area (Å²) in [7, 11) is 1.78. The average molecular weight is 362 g/mol. The summed E-state index contributed by atoms with van der Waals surface area (Å²) < 4.78 is 1.75. The van der Waals surface area contributed by atoms with E-state index < -0.39 is 0 Å². The van der Waals surface area contributed by atoms with Crippen LogP contribution in [0.5, 0.6) is 0 Å². The van der Waals surface area contributed by atoms with Gasteiger partial charge in [-0.05, 0) is 29.3 Å². The number of nitrogens with zero attached hydrogens (tertiary/aromatic N) is 4. The Morgan fingerprint density at radius 2 is 1.89 bits per heavy atom. The summed E-state index contributed by atoms with van der Waals surface area (Å²) in [6, 6.07) is 16.4. The Bertz CT molecular complexity index is 869. The van der Waals surface area contributed by atoms with Crippen molar-refractivity contribution in [3.63, 3.8) is 0 Å². The number of pyridine rings is 1. The standard InChI is InChI=1S/C21H26N6/c1-21(2,18-8-5-4-6-9-18)16-25-20(22-3)24-15-17-10-12-23-19(14-17)27-13-7-11-26-27/h4-14H,15-16H2,1-3H3,(H2,22,24,25). The van der Waals surface area contributed by atoms with Crippen LogP contribution in [0.4, 0.5) is 0 Å². The molecule has 2 N–H and O–H groups in total. The number of benzene rings is 1. The normalized spacial score (nSPS) is 12.0. The molecule has 0 atom stereocenters. The fraction of sp³-hybridized carbons (Fsp3) is 0.286. The smallest absolute Gasteiger partial charge is 0.191 e. The maximum atomic E-state index is 4.36. The van der Waals surface area contributed by atoms with E-state index in [4.69, 9.17) is 0 Å². The van der Waals surface area contributed by atoms with Crippen LogP contribution in [0.15, 0.2) is 72.1 Å². The van der Waals surface area contributed by atoms with Crippen LogP contribution < -0.4 is 10.6 Å². The first-order valence-corrected chi connectivity index (χ1v) is 9.03. The largest absolute Gasteiger partial charge is 0.356 e. The first-order valence-electron chi connectivity index (χ1n) is 9.03. The highest BCUT2D eigenvalue weighted by atomic mass is 15.3. The summed E-state index contributed by atoms with van der Waals surface area (Å²) in [5.74, 6) is 1.57. The molecule has 6 nitrogen and oxygen atoms in total. The lowest BCUT2D eigenvalue weighted by Crippen LogP contribution is -2.43. The van der Waals surface area contributed by atoms with E-state index in [2.05, 4.69) is 63.8 Å². The van der Waals surface area contributed by atoms with E-state index >= 15 is 0 Å². The van der Waals surface area contributed by atoms with Crippen LogP contribution in [0.2, 0.25) is 0 Å². The molecule has 2 heterocycles. The Morgan fingerprint density at radius 3 is 2.59 bits per heavy atom. The maximum absolute atomic E-state index is 4.36. The van der Waals surface area contributed by atoms with Crippen LogP contribution in [0.25, 0.3) is 5.82 Å². The molecule has 1 aromatic carbocycles. The molecule has 0 radical (unpaired) electrons. The van der Waals surface area contributed by atoms with Gasteiger partial charge >= 0.3 is 0 Å². The van der Waals surface area contributed by atoms with Gasteiger partial charge < -0.3 is 10.6 Å². The second-order valence-electron chi connectivity index (χ2n) is 7.00. The van der Waals surface area contributed by atoms with Crippen molar-refractivity contribution in [1.29, 1.82) is 0 Å². The molecule has 0 amide bonds. The molecule has 3 aromatic rings. The number of aromatic nitrogens is 3. The third-order valence-corrected chi connectivity index (χ3v) is 4.49. The number of hydrogen-bond acceptors (Lipinski definition) is 3. The highest BCUT2D eigenvalue weighted by molar-refractivity contribution is 5.79. The molecule has 27 heavy (non-hydrogen) atoms. The zero-order chi connectivity index (χ0) is 19.1. The summed E-state index contributed by atoms with van der Waals surface area (Å²) in [6.07, 6.45) is 5.42. The van der Waals surface area contributed by atoms with E-state index in [1.54, 1.807) is 24.1 Å². The fourth-order valence-corrected chi connectivity index (χ4v) is 2.80. The molecule has 0 bridgehead atoms. The molecular formula is C21H26N6. The molecular weight excluding hydrogens is 336 g/mol. The van der Waals surface area contributed by atoms with Crippen molar-refractivity contribution in [1.82, 2.24) is 25.4 Å². The van der Waals surface area contributed by atoms with Crippen molar-refractivity contribution in [2.75, 3.05) is 13.6 Å². The van der Waals surface area contributed by atoms with Crippen LogP contribution >= 0.6 is 0 Å². The lowest BCUT2D eigenvalue weighted by molar-refractivity contribution is 0.508. The summed E-state index contributed by atoms with van der Waals surface area (Å²) in [5, 5.41) is 11.0. The van der Waals surface area contributed by atoms with Crippen molar-refractivity contribution >= 4 is 5.96 Å². The molecule has 0 unspecified atom stereocenters. The van der Waals surface area contributed by atoms with Gasteiger partial charge in [0.25, 0.3) is 0 Å². The summed E-state index contributed by atoms with van der Waals surface area (Å²) in [4.78, 5) is 8.69. The first-order chi connectivity index (χ1) is 13.1. The van der Waals surface area contributed by atoms with Gasteiger partial charge in [0, 0.05) is 44.1 Å². The highest BCUT2D eigenvalue weighted by Crippen LogP contribution is 2.21. The Morgan fingerprint density at radius 1 is 1.07 bits per heavy atom. The first kappa shape index (κ1) is 18.6. The molecule has 2 aromatic heterocycles. The molecule has 0 saturated heterocycles. The van der Waals surface area contributed by atoms with Gasteiger partial charge in [-0.3, -0.25) is 4.99 Å². The molecule has 140 valence electrons. The Labute approximate surface area is 160 Å². The lowest BCUT2D eigenvalue weighted by atomic mass is 9.85. The van der Waals surface area contributed by atoms with E-state index in [-0.39, 0.29) is 5.41 Å². The van der Waals surface area contributed by atoms with Crippen LogP contribution in [0.3, 0.4) is 0 Å². The van der Waals surface area contributed by atoms with Gasteiger partial charge in [-0.25, -0.2) is 9.67 Å². The molecule has 0 spiro atoms. The lowest BCUT2D eigenvalue weighted by Gasteiger charge is -2.26. The van der Waals surface area contributed by atoms with Gasteiger partial charge in [0.1, 0.15) is 0 Å². The molecule has 0 aliphatic rings. The van der Waals surface area contributed by atoms with E-state index in [0.717, 1.165) is 23.9 Å². The third-order valence-electron chi connectivity index (χ3n) is 4.49. The fourth-order valence-electron chi connectivity index (χ4n) is 2.80. The maximum Gasteiger partial charge on any atom is 0.191 e. The number of hydrogen-bond donors (Lipinski definition) is 2. The molecule has 6 heteroatoms. The summed E-state index contributed by atoms with van der Waals surface area (Å²) in [6.45, 7) is 5.89. The Balaban J connectivity index is 1.58. The van der Waals surface area contributed by atoms with Crippen LogP contribution in [0.1, 0.15) is 25.0 Å². The molecule has 3 rings (SSSR count). The van der Waals surface area contributed by atoms with E-state index in [9.17, 15) is 0 Å². The molecule has 0 saturated carbocycles. The van der Waals surface area contributed by atoms with Crippen molar-refractivity contribution in [3.8, 4) is 5.82 Å². The van der Waals surface area contributed by atoms with Crippen molar-refractivity contribution in [2.45, 2.75) is 25.8 Å². The number of aliphatic imine (C=N–C) groups is 1. The molecule has 0 aliphatic carbocycles. The molecule has 0 fully saturated rings. The average Bonchev–Trinajstić information content (AvgIpc) is 3.24. The van der Waals surface area contributed by atoms with Crippen LogP contribution in [0, 0.1) is 0 Å². The van der Waals surface area contributed by atoms with E-state index in [1.807, 2.05) is 30.5 Å². The SMILES string of the molecule is CN=C(NCc1ccnc(-n2cccn2)c1)NCC(C)(C)c1ccccc1. The minimum absolute atomic E-state index is 0.00279. The van der Waals surface area contributed by atoms with Gasteiger partial charge in [0.15, 0.2) is 11.8 Å². The second-order valence-corrected chi connectivity index (χ2v) is 7.00. The zero-order valence-electron chi connectivity index (χ0n) is 16.1. The number of guanidine groups is 1. The van der Waals surface area contributed by atoms with Gasteiger partial charge in [0.05, 0.1) is 0 Å². The van der Waals surface area contributed by atoms with Crippen LogP contribution in [-0.4, -0.2) is 34.3 Å². The predicted molar refractivity (Wildman–Crippen MR) is 109 cm³/mol. The number of rotatable bonds is 6. The van der Waals surface area contributed by atoms with Gasteiger partial charge in [0.2, 0.25) is 0 Å². The van der Waals surface area contributed by atoms with Crippen molar-refractivity contribution in [2.24, 2.45) is 4.99 Å². The molecule has 0 aliphatic heterocycles. The van der Waals surface area contributed by atoms with E-state index in [1.165, 1.54) is 5.56 Å². The van der Waals surface area contributed by atoms with Gasteiger partial charge in [-0.1, -0.05) is 44.2 Å².